The number of ether oxygens (including phenoxy) is 2. The van der Waals surface area contributed by atoms with Gasteiger partial charge in [0, 0.05) is 29.2 Å². The van der Waals surface area contributed by atoms with Crippen LogP contribution in [0.1, 0.15) is 28.0 Å². The molecule has 3 heterocycles. The number of hydrogen-bond donors (Lipinski definition) is 2. The van der Waals surface area contributed by atoms with Gasteiger partial charge in [-0.25, -0.2) is 0 Å². The molecule has 1 aliphatic carbocycles. The van der Waals surface area contributed by atoms with Gasteiger partial charge < -0.3 is 24.3 Å². The van der Waals surface area contributed by atoms with E-state index in [1.807, 2.05) is 0 Å². The molecule has 7 heteroatoms. The van der Waals surface area contributed by atoms with Crippen molar-refractivity contribution < 1.29 is 18.8 Å². The Hall–Kier alpha value is -3.22. The van der Waals surface area contributed by atoms with Crippen LogP contribution in [0.2, 0.25) is 0 Å². The van der Waals surface area contributed by atoms with Gasteiger partial charge in [-0.05, 0) is 31.4 Å². The number of benzene rings is 1. The molecule has 0 spiro atoms. The summed E-state index contributed by atoms with van der Waals surface area (Å²) in [6.45, 7) is 1.04. The van der Waals surface area contributed by atoms with Gasteiger partial charge in [0.1, 0.15) is 13.2 Å². The zero-order chi connectivity index (χ0) is 17.5. The highest BCUT2D eigenvalue weighted by Crippen LogP contribution is 2.36. The number of rotatable bonds is 2. The summed E-state index contributed by atoms with van der Waals surface area (Å²) in [5.74, 6) is 1.81. The van der Waals surface area contributed by atoms with Gasteiger partial charge >= 0.3 is 0 Å². The van der Waals surface area contributed by atoms with Crippen molar-refractivity contribution >= 4 is 11.6 Å². The first-order valence-electron chi connectivity index (χ1n) is 8.65. The van der Waals surface area contributed by atoms with Crippen molar-refractivity contribution in [3.05, 3.63) is 47.4 Å². The molecule has 2 N–H and O–H groups in total. The summed E-state index contributed by atoms with van der Waals surface area (Å²) < 4.78 is 16.5. The van der Waals surface area contributed by atoms with Crippen LogP contribution in [-0.2, 0) is 12.8 Å². The lowest BCUT2D eigenvalue weighted by atomic mass is 10.1. The molecule has 1 amide bonds. The summed E-state index contributed by atoms with van der Waals surface area (Å²) in [4.78, 5) is 16.1. The molecular weight excluding hydrogens is 334 g/mol. The van der Waals surface area contributed by atoms with E-state index in [4.69, 9.17) is 14.0 Å². The maximum absolute atomic E-state index is 12.9. The van der Waals surface area contributed by atoms with Gasteiger partial charge in [-0.15, -0.1) is 0 Å². The van der Waals surface area contributed by atoms with Gasteiger partial charge in [-0.1, -0.05) is 5.16 Å². The van der Waals surface area contributed by atoms with E-state index >= 15 is 0 Å². The molecule has 0 saturated heterocycles. The maximum Gasteiger partial charge on any atom is 0.257 e. The molecule has 26 heavy (non-hydrogen) atoms. The molecule has 2 aliphatic rings. The number of aryl methyl sites for hydroxylation is 2. The number of carbonyl (C=O) groups excluding carboxylic acids is 1. The summed E-state index contributed by atoms with van der Waals surface area (Å²) in [7, 11) is 0. The fraction of sp³-hybridized carbons (Fsp3) is 0.263. The minimum Gasteiger partial charge on any atom is -0.486 e. The smallest absolute Gasteiger partial charge is 0.257 e. The third kappa shape index (κ3) is 2.44. The molecule has 1 aromatic carbocycles. The van der Waals surface area contributed by atoms with Crippen molar-refractivity contribution in [2.24, 2.45) is 0 Å². The Kier molecular flexibility index (Phi) is 3.44. The van der Waals surface area contributed by atoms with Crippen LogP contribution < -0.4 is 14.8 Å². The third-order valence-electron chi connectivity index (χ3n) is 4.75. The molecular formula is C19H17N3O4. The van der Waals surface area contributed by atoms with Crippen molar-refractivity contribution in [1.82, 2.24) is 10.1 Å². The molecule has 132 valence electrons. The van der Waals surface area contributed by atoms with Gasteiger partial charge in [-0.2, -0.15) is 0 Å². The molecule has 2 aromatic heterocycles. The van der Waals surface area contributed by atoms with Crippen LogP contribution in [0.4, 0.5) is 5.69 Å². The zero-order valence-corrected chi connectivity index (χ0v) is 14.0. The largest absolute Gasteiger partial charge is 0.486 e. The molecule has 3 aromatic rings. The predicted octanol–water partition coefficient (Wildman–Crippen LogP) is 3.18. The number of anilines is 1. The Morgan fingerprint density at radius 3 is 2.96 bits per heavy atom. The lowest BCUT2D eigenvalue weighted by Crippen LogP contribution is -2.16. The highest BCUT2D eigenvalue weighted by molar-refractivity contribution is 6.09. The molecule has 0 bridgehead atoms. The Morgan fingerprint density at radius 1 is 1.15 bits per heavy atom. The molecule has 5 rings (SSSR count). The number of aromatic nitrogens is 2. The van der Waals surface area contributed by atoms with E-state index in [1.165, 1.54) is 0 Å². The minimum absolute atomic E-state index is 0.205. The van der Waals surface area contributed by atoms with Crippen LogP contribution >= 0.6 is 0 Å². The highest BCUT2D eigenvalue weighted by Gasteiger charge is 2.26. The third-order valence-corrected chi connectivity index (χ3v) is 4.75. The first-order valence-corrected chi connectivity index (χ1v) is 8.65. The van der Waals surface area contributed by atoms with Crippen molar-refractivity contribution in [3.63, 3.8) is 0 Å². The Bertz CT molecular complexity index is 989. The summed E-state index contributed by atoms with van der Waals surface area (Å²) in [6.07, 6.45) is 6.22. The summed E-state index contributed by atoms with van der Waals surface area (Å²) >= 11 is 0. The molecule has 0 unspecified atom stereocenters. The van der Waals surface area contributed by atoms with Crippen LogP contribution in [-0.4, -0.2) is 29.3 Å². The van der Waals surface area contributed by atoms with Crippen LogP contribution in [0.15, 0.2) is 35.1 Å². The Morgan fingerprint density at radius 2 is 2.04 bits per heavy atom. The molecule has 0 saturated carbocycles. The highest BCUT2D eigenvalue weighted by atomic mass is 16.6. The number of fused-ring (bicyclic) bond motifs is 4. The average molecular weight is 351 g/mol. The standard InChI is InChI=1S/C19H17N3O4/c23-19(22-12-4-5-15-16(8-12)25-7-6-24-15)13-10-20-14-3-1-2-11-9-21-26-18(11)17(13)14/h4-5,8-10,20H,1-3,6-7H2,(H,22,23). The zero-order valence-electron chi connectivity index (χ0n) is 14.0. The number of amides is 1. The van der Waals surface area contributed by atoms with E-state index in [2.05, 4.69) is 15.5 Å². The summed E-state index contributed by atoms with van der Waals surface area (Å²) in [5.41, 5.74) is 4.06. The second kappa shape index (κ2) is 5.94. The molecule has 7 nitrogen and oxygen atoms in total. The fourth-order valence-corrected chi connectivity index (χ4v) is 3.52. The van der Waals surface area contributed by atoms with Crippen molar-refractivity contribution in [1.29, 1.82) is 0 Å². The van der Waals surface area contributed by atoms with E-state index in [0.717, 1.165) is 36.1 Å². The minimum atomic E-state index is -0.205. The van der Waals surface area contributed by atoms with Crippen LogP contribution in [0.5, 0.6) is 11.5 Å². The van der Waals surface area contributed by atoms with Crippen LogP contribution in [0, 0.1) is 0 Å². The van der Waals surface area contributed by atoms with Crippen molar-refractivity contribution in [3.8, 4) is 22.8 Å². The molecule has 0 radical (unpaired) electrons. The van der Waals surface area contributed by atoms with Gasteiger partial charge in [0.2, 0.25) is 0 Å². The van der Waals surface area contributed by atoms with E-state index < -0.39 is 0 Å². The number of hydrogen-bond acceptors (Lipinski definition) is 5. The van der Waals surface area contributed by atoms with Crippen molar-refractivity contribution in [2.75, 3.05) is 18.5 Å². The predicted molar refractivity (Wildman–Crippen MR) is 93.7 cm³/mol. The van der Waals surface area contributed by atoms with Gasteiger partial charge in [-0.3, -0.25) is 4.79 Å². The maximum atomic E-state index is 12.9. The summed E-state index contributed by atoms with van der Waals surface area (Å²) in [5, 5.41) is 6.84. The fourth-order valence-electron chi connectivity index (χ4n) is 3.52. The van der Waals surface area contributed by atoms with E-state index in [1.54, 1.807) is 30.6 Å². The monoisotopic (exact) mass is 351 g/mol. The first kappa shape index (κ1) is 15.1. The molecule has 1 aliphatic heterocycles. The topological polar surface area (TPSA) is 89.4 Å². The number of H-pyrrole nitrogens is 1. The Labute approximate surface area is 149 Å². The molecule has 0 fully saturated rings. The van der Waals surface area contributed by atoms with Crippen LogP contribution in [0.3, 0.4) is 0 Å². The molecule has 0 atom stereocenters. The SMILES string of the molecule is O=C(Nc1ccc2c(c1)OCCO2)c1c[nH]c2c1-c1oncc1CCC2. The van der Waals surface area contributed by atoms with Crippen molar-refractivity contribution in [2.45, 2.75) is 19.3 Å². The first-order chi connectivity index (χ1) is 12.8. The quantitative estimate of drug-likeness (QED) is 0.740. The number of nitrogens with zero attached hydrogens (tertiary/aromatic N) is 1. The lowest BCUT2D eigenvalue weighted by Gasteiger charge is -2.19. The summed E-state index contributed by atoms with van der Waals surface area (Å²) in [6, 6.07) is 5.38. The second-order valence-electron chi connectivity index (χ2n) is 6.40. The second-order valence-corrected chi connectivity index (χ2v) is 6.40. The van der Waals surface area contributed by atoms with Gasteiger partial charge in [0.15, 0.2) is 17.3 Å². The van der Waals surface area contributed by atoms with Crippen LogP contribution in [0.25, 0.3) is 11.3 Å². The number of aromatic amines is 1. The van der Waals surface area contributed by atoms with E-state index in [-0.39, 0.29) is 5.91 Å². The van der Waals surface area contributed by atoms with E-state index in [9.17, 15) is 4.79 Å². The number of carbonyl (C=O) groups is 1. The van der Waals surface area contributed by atoms with E-state index in [0.29, 0.717) is 41.7 Å². The normalized spacial score (nSPS) is 14.9. The number of nitrogens with one attached hydrogen (secondary N) is 2. The Balaban J connectivity index is 1.47. The lowest BCUT2D eigenvalue weighted by molar-refractivity contribution is 0.102. The van der Waals surface area contributed by atoms with Gasteiger partial charge in [0.05, 0.1) is 17.3 Å². The average Bonchev–Trinajstić information content (AvgIpc) is 3.25. The van der Waals surface area contributed by atoms with Gasteiger partial charge in [0.25, 0.3) is 5.91 Å².